The summed E-state index contributed by atoms with van der Waals surface area (Å²) in [5, 5.41) is 12.2. The molecular formula is C12H11NOS. The van der Waals surface area contributed by atoms with Crippen molar-refractivity contribution in [2.75, 3.05) is 0 Å². The molecule has 0 spiro atoms. The number of allylic oxidation sites excluding steroid dienone is 1. The number of aromatic hydroxyl groups is 1. The van der Waals surface area contributed by atoms with Crippen LogP contribution in [-0.2, 0) is 6.42 Å². The molecule has 0 aliphatic carbocycles. The van der Waals surface area contributed by atoms with Crippen LogP contribution in [0.5, 0.6) is 5.75 Å². The van der Waals surface area contributed by atoms with Crippen molar-refractivity contribution >= 4 is 17.4 Å². The monoisotopic (exact) mass is 217 g/mol. The lowest BCUT2D eigenvalue weighted by Gasteiger charge is -1.93. The molecular weight excluding hydrogens is 206 g/mol. The molecule has 0 fully saturated rings. The molecule has 1 N–H and O–H groups in total. The van der Waals surface area contributed by atoms with Crippen LogP contribution >= 0.6 is 11.3 Å². The Bertz CT molecular complexity index is 431. The van der Waals surface area contributed by atoms with Crippen molar-refractivity contribution in [3.05, 3.63) is 52.5 Å². The summed E-state index contributed by atoms with van der Waals surface area (Å²) in [6.45, 7) is 0. The minimum atomic E-state index is 0.298. The van der Waals surface area contributed by atoms with Gasteiger partial charge in [-0.3, -0.25) is 0 Å². The Balaban J connectivity index is 1.97. The molecule has 0 unspecified atom stereocenters. The van der Waals surface area contributed by atoms with Gasteiger partial charge in [-0.1, -0.05) is 24.3 Å². The van der Waals surface area contributed by atoms with E-state index in [0.717, 1.165) is 17.0 Å². The van der Waals surface area contributed by atoms with Crippen LogP contribution in [-0.4, -0.2) is 10.1 Å². The largest absolute Gasteiger partial charge is 0.508 e. The third-order valence-electron chi connectivity index (χ3n) is 1.98. The van der Waals surface area contributed by atoms with Crippen LogP contribution in [0, 0.1) is 0 Å². The normalized spacial score (nSPS) is 10.9. The van der Waals surface area contributed by atoms with Gasteiger partial charge in [-0.25, -0.2) is 4.98 Å². The van der Waals surface area contributed by atoms with Crippen LogP contribution in [0.25, 0.3) is 6.08 Å². The Morgan fingerprint density at radius 1 is 1.27 bits per heavy atom. The van der Waals surface area contributed by atoms with Gasteiger partial charge in [-0.15, -0.1) is 11.3 Å². The van der Waals surface area contributed by atoms with Crippen LogP contribution in [0.3, 0.4) is 0 Å². The number of benzene rings is 1. The SMILES string of the molecule is Oc1ccc(/C=C/Cc2nccs2)cc1. The zero-order valence-electron chi connectivity index (χ0n) is 8.13. The van der Waals surface area contributed by atoms with Crippen LogP contribution < -0.4 is 0 Å². The topological polar surface area (TPSA) is 33.1 Å². The minimum Gasteiger partial charge on any atom is -0.508 e. The van der Waals surface area contributed by atoms with E-state index in [2.05, 4.69) is 11.1 Å². The standard InChI is InChI=1S/C12H11NOS/c14-11-6-4-10(5-7-11)2-1-3-12-13-8-9-15-12/h1-2,4-9,14H,3H2/b2-1+. The van der Waals surface area contributed by atoms with E-state index in [1.54, 1.807) is 23.5 Å². The third kappa shape index (κ3) is 2.92. The van der Waals surface area contributed by atoms with Crippen molar-refractivity contribution in [3.63, 3.8) is 0 Å². The maximum Gasteiger partial charge on any atom is 0.115 e. The summed E-state index contributed by atoms with van der Waals surface area (Å²) in [5.41, 5.74) is 1.09. The van der Waals surface area contributed by atoms with Gasteiger partial charge >= 0.3 is 0 Å². The van der Waals surface area contributed by atoms with E-state index in [1.807, 2.05) is 29.8 Å². The zero-order chi connectivity index (χ0) is 10.5. The number of hydrogen-bond acceptors (Lipinski definition) is 3. The number of phenols is 1. The lowest BCUT2D eigenvalue weighted by Crippen LogP contribution is -1.77. The maximum atomic E-state index is 9.10. The molecule has 1 aromatic heterocycles. The van der Waals surface area contributed by atoms with E-state index in [9.17, 15) is 0 Å². The molecule has 0 amide bonds. The van der Waals surface area contributed by atoms with Crippen molar-refractivity contribution in [1.29, 1.82) is 0 Å². The van der Waals surface area contributed by atoms with E-state index in [1.165, 1.54) is 0 Å². The smallest absolute Gasteiger partial charge is 0.115 e. The lowest BCUT2D eigenvalue weighted by atomic mass is 10.2. The van der Waals surface area contributed by atoms with Gasteiger partial charge in [0, 0.05) is 18.0 Å². The molecule has 1 aromatic carbocycles. The van der Waals surface area contributed by atoms with E-state index >= 15 is 0 Å². The first kappa shape index (κ1) is 9.93. The molecule has 0 aliphatic heterocycles. The summed E-state index contributed by atoms with van der Waals surface area (Å²) in [6.07, 6.45) is 6.78. The highest BCUT2D eigenvalue weighted by Gasteiger charge is 1.91. The Hall–Kier alpha value is -1.61. The number of hydrogen-bond donors (Lipinski definition) is 1. The Morgan fingerprint density at radius 2 is 2.07 bits per heavy atom. The summed E-state index contributed by atoms with van der Waals surface area (Å²) in [7, 11) is 0. The number of aromatic nitrogens is 1. The molecule has 3 heteroatoms. The van der Waals surface area contributed by atoms with Gasteiger partial charge in [0.1, 0.15) is 5.75 Å². The first-order valence-corrected chi connectivity index (χ1v) is 5.56. The number of nitrogens with zero attached hydrogens (tertiary/aromatic N) is 1. The van der Waals surface area contributed by atoms with Gasteiger partial charge in [-0.2, -0.15) is 0 Å². The molecule has 1 heterocycles. The third-order valence-corrected chi connectivity index (χ3v) is 2.78. The first-order valence-electron chi connectivity index (χ1n) is 4.68. The fourth-order valence-electron chi connectivity index (χ4n) is 1.24. The summed E-state index contributed by atoms with van der Waals surface area (Å²) in [5.74, 6) is 0.298. The number of thiazole rings is 1. The van der Waals surface area contributed by atoms with E-state index in [4.69, 9.17) is 5.11 Å². The van der Waals surface area contributed by atoms with Gasteiger partial charge in [0.15, 0.2) is 0 Å². The molecule has 2 aromatic rings. The van der Waals surface area contributed by atoms with Crippen molar-refractivity contribution in [2.45, 2.75) is 6.42 Å². The lowest BCUT2D eigenvalue weighted by molar-refractivity contribution is 0.475. The molecule has 76 valence electrons. The highest BCUT2D eigenvalue weighted by atomic mass is 32.1. The highest BCUT2D eigenvalue weighted by molar-refractivity contribution is 7.09. The first-order chi connectivity index (χ1) is 7.34. The van der Waals surface area contributed by atoms with Gasteiger partial charge in [0.05, 0.1) is 5.01 Å². The summed E-state index contributed by atoms with van der Waals surface area (Å²) >= 11 is 1.66. The molecule has 0 saturated carbocycles. The summed E-state index contributed by atoms with van der Waals surface area (Å²) in [6, 6.07) is 7.13. The van der Waals surface area contributed by atoms with Gasteiger partial charge in [-0.05, 0) is 17.7 Å². The molecule has 0 aliphatic rings. The number of rotatable bonds is 3. The zero-order valence-corrected chi connectivity index (χ0v) is 8.95. The average Bonchev–Trinajstić information content (AvgIpc) is 2.74. The molecule has 2 nitrogen and oxygen atoms in total. The van der Waals surface area contributed by atoms with E-state index < -0.39 is 0 Å². The predicted molar refractivity (Wildman–Crippen MR) is 63.0 cm³/mol. The highest BCUT2D eigenvalue weighted by Crippen LogP contribution is 2.12. The van der Waals surface area contributed by atoms with Crippen LogP contribution in [0.2, 0.25) is 0 Å². The van der Waals surface area contributed by atoms with Crippen molar-refractivity contribution in [2.24, 2.45) is 0 Å². The van der Waals surface area contributed by atoms with E-state index in [-0.39, 0.29) is 0 Å². The van der Waals surface area contributed by atoms with Gasteiger partial charge in [0.25, 0.3) is 0 Å². The fourth-order valence-corrected chi connectivity index (χ4v) is 1.83. The van der Waals surface area contributed by atoms with Crippen molar-refractivity contribution in [3.8, 4) is 5.75 Å². The van der Waals surface area contributed by atoms with Crippen LogP contribution in [0.4, 0.5) is 0 Å². The van der Waals surface area contributed by atoms with Crippen LogP contribution in [0.1, 0.15) is 10.6 Å². The van der Waals surface area contributed by atoms with E-state index in [0.29, 0.717) is 5.75 Å². The second-order valence-corrected chi connectivity index (χ2v) is 4.10. The van der Waals surface area contributed by atoms with Gasteiger partial charge < -0.3 is 5.11 Å². The molecule has 0 atom stereocenters. The Labute approximate surface area is 92.5 Å². The number of phenolic OH excluding ortho intramolecular Hbond substituents is 1. The van der Waals surface area contributed by atoms with Gasteiger partial charge in [0.2, 0.25) is 0 Å². The van der Waals surface area contributed by atoms with Crippen LogP contribution in [0.15, 0.2) is 41.9 Å². The molecule has 15 heavy (non-hydrogen) atoms. The second kappa shape index (κ2) is 4.75. The second-order valence-electron chi connectivity index (χ2n) is 3.12. The van der Waals surface area contributed by atoms with Crippen molar-refractivity contribution in [1.82, 2.24) is 4.98 Å². The molecule has 0 saturated heterocycles. The summed E-state index contributed by atoms with van der Waals surface area (Å²) < 4.78 is 0. The predicted octanol–water partition coefficient (Wildman–Crippen LogP) is 3.10. The fraction of sp³-hybridized carbons (Fsp3) is 0.0833. The maximum absolute atomic E-state index is 9.10. The molecule has 0 bridgehead atoms. The quantitative estimate of drug-likeness (QED) is 0.857. The molecule has 2 rings (SSSR count). The van der Waals surface area contributed by atoms with Crippen molar-refractivity contribution < 1.29 is 5.11 Å². The molecule has 0 radical (unpaired) electrons. The Morgan fingerprint density at radius 3 is 2.73 bits per heavy atom. The average molecular weight is 217 g/mol. The summed E-state index contributed by atoms with van der Waals surface area (Å²) in [4.78, 5) is 4.19. The Kier molecular flexibility index (Phi) is 3.15. The minimum absolute atomic E-state index is 0.298.